The Labute approximate surface area is 253 Å². The van der Waals surface area contributed by atoms with Crippen LogP contribution in [0.25, 0.3) is 0 Å². The van der Waals surface area contributed by atoms with Gasteiger partial charge in [-0.1, -0.05) is 78.7 Å². The fraction of sp³-hybridized carbons (Fsp3) is 0.364. The average molecular weight is 612 g/mol. The van der Waals surface area contributed by atoms with Crippen LogP contribution in [0.5, 0.6) is 0 Å². The number of sulfonamides is 1. The van der Waals surface area contributed by atoms with Gasteiger partial charge in [-0.05, 0) is 79.1 Å². The second-order valence-corrected chi connectivity index (χ2v) is 14.4. The van der Waals surface area contributed by atoms with E-state index in [0.29, 0.717) is 28.6 Å². The number of benzene rings is 3. The molecule has 2 fully saturated rings. The molecule has 5 nitrogen and oxygen atoms in total. The monoisotopic (exact) mass is 610 g/mol. The largest absolute Gasteiger partial charge is 0.329 e. The molecule has 1 unspecified atom stereocenters. The third kappa shape index (κ3) is 6.35. The Morgan fingerprint density at radius 1 is 1.00 bits per heavy atom. The molecule has 8 heteroatoms. The summed E-state index contributed by atoms with van der Waals surface area (Å²) in [6, 6.07) is 24.0. The second kappa shape index (κ2) is 11.8. The number of carbonyl (C=O) groups excluding carboxylic acids is 1. The van der Waals surface area contributed by atoms with Crippen molar-refractivity contribution < 1.29 is 13.2 Å². The van der Waals surface area contributed by atoms with Crippen molar-refractivity contribution in [2.45, 2.75) is 50.6 Å². The summed E-state index contributed by atoms with van der Waals surface area (Å²) in [4.78, 5) is 16.7. The fourth-order valence-electron chi connectivity index (χ4n) is 6.39. The molecule has 0 N–H and O–H groups in total. The van der Waals surface area contributed by atoms with Gasteiger partial charge >= 0.3 is 0 Å². The third-order valence-electron chi connectivity index (χ3n) is 8.51. The minimum Gasteiger partial charge on any atom is -0.329 e. The first-order valence-electron chi connectivity index (χ1n) is 14.0. The minimum atomic E-state index is -3.63. The maximum Gasteiger partial charge on any atom is 0.232 e. The molecule has 41 heavy (non-hydrogen) atoms. The van der Waals surface area contributed by atoms with Crippen molar-refractivity contribution in [2.75, 3.05) is 17.1 Å². The van der Waals surface area contributed by atoms with Gasteiger partial charge in [0.1, 0.15) is 0 Å². The van der Waals surface area contributed by atoms with Gasteiger partial charge in [-0.15, -0.1) is 6.58 Å². The Kier molecular flexibility index (Phi) is 8.56. The Balaban J connectivity index is 1.69. The van der Waals surface area contributed by atoms with E-state index in [-0.39, 0.29) is 36.4 Å². The number of carbonyl (C=O) groups is 1. The van der Waals surface area contributed by atoms with Gasteiger partial charge in [0.05, 0.1) is 36.0 Å². The van der Waals surface area contributed by atoms with Crippen LogP contribution in [-0.4, -0.2) is 38.1 Å². The van der Waals surface area contributed by atoms with E-state index >= 15 is 0 Å². The summed E-state index contributed by atoms with van der Waals surface area (Å²) < 4.78 is 27.8. The molecule has 1 saturated heterocycles. The SMILES string of the molecule is C=CC[C@@]1(C)C[C@H](c2cccc(Cl)c2)C(c2ccc(Cl)cc2)N([C@H](CN(c2ccccc2)S(C)(=O)=O)C2CC2)C1=O. The Hall–Kier alpha value is -2.80. The number of rotatable bonds is 10. The number of amides is 1. The summed E-state index contributed by atoms with van der Waals surface area (Å²) in [6.45, 7) is 6.16. The highest BCUT2D eigenvalue weighted by Crippen LogP contribution is 2.54. The first-order chi connectivity index (χ1) is 19.5. The molecule has 3 aromatic carbocycles. The van der Waals surface area contributed by atoms with Crippen LogP contribution in [0.15, 0.2) is 91.5 Å². The zero-order valence-corrected chi connectivity index (χ0v) is 25.7. The van der Waals surface area contributed by atoms with Crippen LogP contribution in [0.3, 0.4) is 0 Å². The van der Waals surface area contributed by atoms with E-state index in [1.165, 1.54) is 10.6 Å². The summed E-state index contributed by atoms with van der Waals surface area (Å²) in [5.74, 6) is 0.129. The van der Waals surface area contributed by atoms with Crippen LogP contribution in [0, 0.1) is 11.3 Å². The molecule has 216 valence electrons. The van der Waals surface area contributed by atoms with Crippen molar-refractivity contribution in [3.05, 3.63) is 113 Å². The third-order valence-corrected chi connectivity index (χ3v) is 10.2. The molecule has 0 radical (unpaired) electrons. The first-order valence-corrected chi connectivity index (χ1v) is 16.6. The van der Waals surface area contributed by atoms with Gasteiger partial charge in [0.25, 0.3) is 0 Å². The number of para-hydroxylation sites is 1. The summed E-state index contributed by atoms with van der Waals surface area (Å²) in [6.07, 6.45) is 6.04. The van der Waals surface area contributed by atoms with Gasteiger partial charge in [-0.3, -0.25) is 9.10 Å². The zero-order chi connectivity index (χ0) is 29.4. The predicted octanol–water partition coefficient (Wildman–Crippen LogP) is 7.88. The van der Waals surface area contributed by atoms with E-state index in [9.17, 15) is 13.2 Å². The lowest BCUT2D eigenvalue weighted by atomic mass is 9.67. The van der Waals surface area contributed by atoms with Crippen molar-refractivity contribution in [3.63, 3.8) is 0 Å². The summed E-state index contributed by atoms with van der Waals surface area (Å²) in [5, 5.41) is 1.25. The number of likely N-dealkylation sites (tertiary alicyclic amines) is 1. The maximum absolute atomic E-state index is 14.7. The highest BCUT2D eigenvalue weighted by Gasteiger charge is 2.54. The first kappa shape index (κ1) is 29.7. The van der Waals surface area contributed by atoms with Crippen molar-refractivity contribution in [1.29, 1.82) is 0 Å². The van der Waals surface area contributed by atoms with Crippen LogP contribution in [0.4, 0.5) is 5.69 Å². The van der Waals surface area contributed by atoms with E-state index in [1.807, 2.05) is 78.6 Å². The standard InChI is InChI=1S/C33H36Cl2N2O3S/c1-4-19-33(2)21-29(25-9-8-10-27(35)20-25)31(24-15-17-26(34)18-16-24)37(32(33)38)30(23-13-14-23)22-36(41(3,39)40)28-11-6-5-7-12-28/h4-12,15-18,20,23,29-31H,1,13-14,19,21-22H2,2-3H3/t29-,30-,31?,33+/m1/s1. The lowest BCUT2D eigenvalue weighted by molar-refractivity contribution is -0.154. The van der Waals surface area contributed by atoms with Crippen molar-refractivity contribution in [1.82, 2.24) is 4.90 Å². The summed E-state index contributed by atoms with van der Waals surface area (Å²) >= 11 is 12.8. The van der Waals surface area contributed by atoms with Crippen molar-refractivity contribution in [3.8, 4) is 0 Å². The van der Waals surface area contributed by atoms with E-state index in [1.54, 1.807) is 12.1 Å². The second-order valence-electron chi connectivity index (χ2n) is 11.7. The smallest absolute Gasteiger partial charge is 0.232 e. The van der Waals surface area contributed by atoms with Gasteiger partial charge in [0.15, 0.2) is 0 Å². The number of halogens is 2. The van der Waals surface area contributed by atoms with Crippen molar-refractivity contribution >= 4 is 44.8 Å². The maximum atomic E-state index is 14.7. The van der Waals surface area contributed by atoms with Gasteiger partial charge in [-0.2, -0.15) is 0 Å². The predicted molar refractivity (Wildman–Crippen MR) is 168 cm³/mol. The molecule has 1 aliphatic carbocycles. The van der Waals surface area contributed by atoms with E-state index in [0.717, 1.165) is 24.0 Å². The Bertz CT molecular complexity index is 1510. The molecule has 0 aromatic heterocycles. The Morgan fingerprint density at radius 3 is 2.27 bits per heavy atom. The van der Waals surface area contributed by atoms with E-state index < -0.39 is 15.4 Å². The van der Waals surface area contributed by atoms with Gasteiger partial charge in [-0.25, -0.2) is 8.42 Å². The molecule has 5 rings (SSSR count). The molecule has 1 aliphatic heterocycles. The Morgan fingerprint density at radius 2 is 1.68 bits per heavy atom. The molecular formula is C33H36Cl2N2O3S. The van der Waals surface area contributed by atoms with Crippen molar-refractivity contribution in [2.24, 2.45) is 11.3 Å². The number of allylic oxidation sites excluding steroid dienone is 1. The van der Waals surface area contributed by atoms with Gasteiger partial charge < -0.3 is 4.90 Å². The molecule has 0 spiro atoms. The summed E-state index contributed by atoms with van der Waals surface area (Å²) in [7, 11) is -3.63. The highest BCUT2D eigenvalue weighted by atomic mass is 35.5. The molecule has 0 bridgehead atoms. The molecular weight excluding hydrogens is 575 g/mol. The molecule has 1 saturated carbocycles. The van der Waals surface area contributed by atoms with Crippen LogP contribution < -0.4 is 4.31 Å². The zero-order valence-electron chi connectivity index (χ0n) is 23.4. The van der Waals surface area contributed by atoms with E-state index in [4.69, 9.17) is 23.2 Å². The van der Waals surface area contributed by atoms with E-state index in [2.05, 4.69) is 12.6 Å². The van der Waals surface area contributed by atoms with Gasteiger partial charge in [0, 0.05) is 16.0 Å². The van der Waals surface area contributed by atoms with Crippen LogP contribution >= 0.6 is 23.2 Å². The fourth-order valence-corrected chi connectivity index (χ4v) is 7.65. The quantitative estimate of drug-likeness (QED) is 0.219. The van der Waals surface area contributed by atoms with Crippen LogP contribution in [0.1, 0.15) is 55.7 Å². The van der Waals surface area contributed by atoms with Crippen LogP contribution in [-0.2, 0) is 14.8 Å². The number of piperidine rings is 1. The molecule has 1 amide bonds. The number of anilines is 1. The normalized spacial score (nSPS) is 23.7. The van der Waals surface area contributed by atoms with Crippen LogP contribution in [0.2, 0.25) is 10.0 Å². The number of hydrogen-bond donors (Lipinski definition) is 0. The molecule has 4 atom stereocenters. The topological polar surface area (TPSA) is 57.7 Å². The number of hydrogen-bond acceptors (Lipinski definition) is 3. The summed E-state index contributed by atoms with van der Waals surface area (Å²) in [5.41, 5.74) is 1.88. The average Bonchev–Trinajstić information content (AvgIpc) is 3.77. The molecule has 1 heterocycles. The highest BCUT2D eigenvalue weighted by molar-refractivity contribution is 7.92. The minimum absolute atomic E-state index is 0.0223. The number of nitrogens with zero attached hydrogens (tertiary/aromatic N) is 2. The van der Waals surface area contributed by atoms with Gasteiger partial charge in [0.2, 0.25) is 15.9 Å². The molecule has 2 aliphatic rings. The lowest BCUT2D eigenvalue weighted by Crippen LogP contribution is -2.59. The molecule has 3 aromatic rings. The lowest BCUT2D eigenvalue weighted by Gasteiger charge is -2.52.